The van der Waals surface area contributed by atoms with Crippen LogP contribution < -0.4 is 10.1 Å². The number of likely N-dealkylation sites (N-methyl/N-ethyl adjacent to an activating group) is 1. The lowest BCUT2D eigenvalue weighted by Gasteiger charge is -2.12. The number of anilines is 1. The molecule has 156 valence electrons. The number of nitrogens with zero attached hydrogens (tertiary/aromatic N) is 3. The van der Waals surface area contributed by atoms with Crippen LogP contribution in [0.3, 0.4) is 0 Å². The maximum atomic E-state index is 12.8. The molecule has 0 atom stereocenters. The number of benzene rings is 2. The van der Waals surface area contributed by atoms with Crippen LogP contribution in [-0.4, -0.2) is 47.2 Å². The van der Waals surface area contributed by atoms with Crippen LogP contribution in [0.25, 0.3) is 0 Å². The monoisotopic (exact) mass is 406 g/mol. The summed E-state index contributed by atoms with van der Waals surface area (Å²) in [6.45, 7) is 2.60. The smallest absolute Gasteiger partial charge is 0.259 e. The van der Waals surface area contributed by atoms with Gasteiger partial charge in [-0.3, -0.25) is 14.3 Å². The third kappa shape index (κ3) is 5.26. The molecule has 0 saturated heterocycles. The van der Waals surface area contributed by atoms with Gasteiger partial charge in [-0.05, 0) is 36.2 Å². The number of aromatic nitrogens is 2. The summed E-state index contributed by atoms with van der Waals surface area (Å²) >= 11 is 0. The minimum atomic E-state index is -0.206. The molecule has 2 aromatic carbocycles. The summed E-state index contributed by atoms with van der Waals surface area (Å²) in [7, 11) is 3.35. The van der Waals surface area contributed by atoms with E-state index in [1.54, 1.807) is 44.6 Å². The zero-order valence-corrected chi connectivity index (χ0v) is 17.5. The van der Waals surface area contributed by atoms with Gasteiger partial charge in [0.15, 0.2) is 6.61 Å². The summed E-state index contributed by atoms with van der Waals surface area (Å²) in [4.78, 5) is 25.9. The van der Waals surface area contributed by atoms with Crippen molar-refractivity contribution in [2.75, 3.05) is 26.0 Å². The average Bonchev–Trinajstić information content (AvgIpc) is 3.16. The Morgan fingerprint density at radius 3 is 2.40 bits per heavy atom. The van der Waals surface area contributed by atoms with Gasteiger partial charge in [-0.2, -0.15) is 5.10 Å². The van der Waals surface area contributed by atoms with Crippen molar-refractivity contribution < 1.29 is 14.3 Å². The Hall–Kier alpha value is -3.61. The normalized spacial score (nSPS) is 10.5. The van der Waals surface area contributed by atoms with Crippen molar-refractivity contribution in [3.05, 3.63) is 77.6 Å². The van der Waals surface area contributed by atoms with E-state index in [1.165, 1.54) is 4.90 Å². The summed E-state index contributed by atoms with van der Waals surface area (Å²) in [5.74, 6) is 0.239. The molecule has 0 aliphatic rings. The van der Waals surface area contributed by atoms with Crippen LogP contribution >= 0.6 is 0 Å². The van der Waals surface area contributed by atoms with Gasteiger partial charge in [0.25, 0.3) is 11.8 Å². The second-order valence-electron chi connectivity index (χ2n) is 7.06. The van der Waals surface area contributed by atoms with Crippen LogP contribution in [0.4, 0.5) is 5.69 Å². The van der Waals surface area contributed by atoms with Crippen LogP contribution in [0.15, 0.2) is 60.8 Å². The number of carbonyl (C=O) groups excluding carboxylic acids is 2. The molecular formula is C23H26N4O3. The highest BCUT2D eigenvalue weighted by Crippen LogP contribution is 2.18. The molecule has 0 bridgehead atoms. The van der Waals surface area contributed by atoms with Gasteiger partial charge in [0.05, 0.1) is 24.0 Å². The fourth-order valence-corrected chi connectivity index (χ4v) is 2.97. The Morgan fingerprint density at radius 2 is 1.77 bits per heavy atom. The van der Waals surface area contributed by atoms with E-state index in [1.807, 2.05) is 41.9 Å². The molecule has 0 spiro atoms. The van der Waals surface area contributed by atoms with Crippen molar-refractivity contribution in [3.63, 3.8) is 0 Å². The molecule has 0 unspecified atom stereocenters. The standard InChI is InChI=1S/C23H26N4O3/c1-4-21-20(14-24-27(21)15-17-8-6-5-7-9-17)23(29)25-18-10-12-19(13-11-18)30-16-22(28)26(2)3/h5-14H,4,15-16H2,1-3H3,(H,25,29). The Balaban J connectivity index is 1.65. The molecule has 0 aliphatic heterocycles. The van der Waals surface area contributed by atoms with E-state index in [-0.39, 0.29) is 18.4 Å². The lowest BCUT2D eigenvalue weighted by Crippen LogP contribution is -2.27. The number of carbonyl (C=O) groups is 2. The number of hydrogen-bond acceptors (Lipinski definition) is 4. The molecule has 1 heterocycles. The average molecular weight is 406 g/mol. The fraction of sp³-hybridized carbons (Fsp3) is 0.261. The predicted octanol–water partition coefficient (Wildman–Crippen LogP) is 3.21. The second-order valence-corrected chi connectivity index (χ2v) is 7.06. The minimum Gasteiger partial charge on any atom is -0.484 e. The first-order valence-corrected chi connectivity index (χ1v) is 9.81. The van der Waals surface area contributed by atoms with Crippen molar-refractivity contribution >= 4 is 17.5 Å². The minimum absolute atomic E-state index is 0.0286. The first-order chi connectivity index (χ1) is 14.5. The van der Waals surface area contributed by atoms with E-state index in [4.69, 9.17) is 4.74 Å². The van der Waals surface area contributed by atoms with E-state index < -0.39 is 0 Å². The van der Waals surface area contributed by atoms with Crippen LogP contribution in [0.5, 0.6) is 5.75 Å². The van der Waals surface area contributed by atoms with Crippen molar-refractivity contribution in [2.45, 2.75) is 19.9 Å². The van der Waals surface area contributed by atoms with Gasteiger partial charge in [0.1, 0.15) is 5.75 Å². The van der Waals surface area contributed by atoms with Gasteiger partial charge < -0.3 is 15.0 Å². The molecular weight excluding hydrogens is 380 g/mol. The maximum Gasteiger partial charge on any atom is 0.259 e. The van der Waals surface area contributed by atoms with Crippen LogP contribution in [-0.2, 0) is 17.8 Å². The molecule has 30 heavy (non-hydrogen) atoms. The number of rotatable bonds is 8. The number of nitrogens with one attached hydrogen (secondary N) is 1. The predicted molar refractivity (Wildman–Crippen MR) is 116 cm³/mol. The first-order valence-electron chi connectivity index (χ1n) is 9.81. The van der Waals surface area contributed by atoms with E-state index in [0.717, 1.165) is 11.3 Å². The quantitative estimate of drug-likeness (QED) is 0.623. The third-order valence-electron chi connectivity index (χ3n) is 4.68. The summed E-state index contributed by atoms with van der Waals surface area (Å²) < 4.78 is 7.32. The Morgan fingerprint density at radius 1 is 1.07 bits per heavy atom. The molecule has 1 N–H and O–H groups in total. The topological polar surface area (TPSA) is 76.5 Å². The van der Waals surface area contributed by atoms with Crippen LogP contribution in [0.1, 0.15) is 28.5 Å². The molecule has 7 nitrogen and oxygen atoms in total. The summed E-state index contributed by atoms with van der Waals surface area (Å²) in [5, 5.41) is 7.31. The van der Waals surface area contributed by atoms with Gasteiger partial charge in [-0.25, -0.2) is 0 Å². The Kier molecular flexibility index (Phi) is 6.85. The van der Waals surface area contributed by atoms with Crippen LogP contribution in [0.2, 0.25) is 0 Å². The lowest BCUT2D eigenvalue weighted by atomic mass is 10.1. The zero-order valence-electron chi connectivity index (χ0n) is 17.5. The molecule has 7 heteroatoms. The fourth-order valence-electron chi connectivity index (χ4n) is 2.97. The van der Waals surface area contributed by atoms with E-state index in [9.17, 15) is 9.59 Å². The van der Waals surface area contributed by atoms with Crippen molar-refractivity contribution in [3.8, 4) is 5.75 Å². The molecule has 3 aromatic rings. The molecule has 0 saturated carbocycles. The largest absolute Gasteiger partial charge is 0.484 e. The van der Waals surface area contributed by atoms with E-state index >= 15 is 0 Å². The Bertz CT molecular complexity index is 995. The van der Waals surface area contributed by atoms with Gasteiger partial charge in [0, 0.05) is 19.8 Å². The van der Waals surface area contributed by atoms with E-state index in [0.29, 0.717) is 30.0 Å². The number of ether oxygens (including phenoxy) is 1. The molecule has 1 aromatic heterocycles. The highest BCUT2D eigenvalue weighted by molar-refractivity contribution is 6.05. The van der Waals surface area contributed by atoms with Gasteiger partial charge in [-0.1, -0.05) is 37.3 Å². The van der Waals surface area contributed by atoms with Crippen molar-refractivity contribution in [1.82, 2.24) is 14.7 Å². The second kappa shape index (κ2) is 9.73. The van der Waals surface area contributed by atoms with Crippen LogP contribution in [0, 0.1) is 0 Å². The SMILES string of the molecule is CCc1c(C(=O)Nc2ccc(OCC(=O)N(C)C)cc2)cnn1Cc1ccccc1. The molecule has 0 aliphatic carbocycles. The lowest BCUT2D eigenvalue weighted by molar-refractivity contribution is -0.130. The molecule has 0 radical (unpaired) electrons. The summed E-state index contributed by atoms with van der Waals surface area (Å²) in [6.07, 6.45) is 2.31. The van der Waals surface area contributed by atoms with Crippen molar-refractivity contribution in [1.29, 1.82) is 0 Å². The molecule has 3 rings (SSSR count). The first kappa shape index (κ1) is 21.1. The van der Waals surface area contributed by atoms with Gasteiger partial charge >= 0.3 is 0 Å². The number of hydrogen-bond donors (Lipinski definition) is 1. The third-order valence-corrected chi connectivity index (χ3v) is 4.68. The summed E-state index contributed by atoms with van der Waals surface area (Å²) in [6, 6.07) is 17.0. The molecule has 0 fully saturated rings. The highest BCUT2D eigenvalue weighted by Gasteiger charge is 2.16. The van der Waals surface area contributed by atoms with Crippen molar-refractivity contribution in [2.24, 2.45) is 0 Å². The zero-order chi connectivity index (χ0) is 21.5. The number of amides is 2. The Labute approximate surface area is 176 Å². The summed E-state index contributed by atoms with van der Waals surface area (Å²) in [5.41, 5.74) is 3.22. The molecule has 2 amide bonds. The highest BCUT2D eigenvalue weighted by atomic mass is 16.5. The van der Waals surface area contributed by atoms with E-state index in [2.05, 4.69) is 10.4 Å². The van der Waals surface area contributed by atoms with Gasteiger partial charge in [0.2, 0.25) is 0 Å². The van der Waals surface area contributed by atoms with Gasteiger partial charge in [-0.15, -0.1) is 0 Å². The maximum absolute atomic E-state index is 12.8.